The quantitative estimate of drug-likeness (QED) is 0.911. The third kappa shape index (κ3) is 3.27. The van der Waals surface area contributed by atoms with Crippen LogP contribution in [0.25, 0.3) is 0 Å². The molecule has 0 spiro atoms. The normalized spacial score (nSPS) is 12.0. The second-order valence-corrected chi connectivity index (χ2v) is 4.71. The molecule has 0 saturated carbocycles. The molecule has 0 amide bonds. The van der Waals surface area contributed by atoms with Crippen molar-refractivity contribution in [2.45, 2.75) is 6.04 Å². The minimum Gasteiger partial charge on any atom is -0.495 e. The second kappa shape index (κ2) is 6.39. The van der Waals surface area contributed by atoms with Gasteiger partial charge in [-0.15, -0.1) is 0 Å². The summed E-state index contributed by atoms with van der Waals surface area (Å²) >= 11 is 0. The Hall–Kier alpha value is -2.07. The minimum absolute atomic E-state index is 0.263. The molecule has 2 aromatic carbocycles. The zero-order valence-corrected chi connectivity index (χ0v) is 11.7. The summed E-state index contributed by atoms with van der Waals surface area (Å²) in [4.78, 5) is 2.01. The molecule has 3 nitrogen and oxygen atoms in total. The molecule has 0 aliphatic heterocycles. The standard InChI is InChI=1S/C16H19FN2O/c1-19(15-8-3-4-9-16(15)20-2)11-14(18)12-6-5-7-13(17)10-12/h3-10,14H,11,18H2,1-2H3. The van der Waals surface area contributed by atoms with Gasteiger partial charge in [0.1, 0.15) is 11.6 Å². The van der Waals surface area contributed by atoms with Crippen molar-refractivity contribution in [3.8, 4) is 5.75 Å². The largest absolute Gasteiger partial charge is 0.495 e. The van der Waals surface area contributed by atoms with Crippen LogP contribution in [0.1, 0.15) is 11.6 Å². The monoisotopic (exact) mass is 274 g/mol. The molecule has 0 aliphatic carbocycles. The number of halogens is 1. The van der Waals surface area contributed by atoms with Crippen LogP contribution in [0.15, 0.2) is 48.5 Å². The number of para-hydroxylation sites is 2. The minimum atomic E-state index is -0.266. The topological polar surface area (TPSA) is 38.5 Å². The summed E-state index contributed by atoms with van der Waals surface area (Å²) in [5, 5.41) is 0. The van der Waals surface area contributed by atoms with E-state index in [2.05, 4.69) is 0 Å². The molecule has 2 rings (SSSR count). The maximum Gasteiger partial charge on any atom is 0.142 e. The average molecular weight is 274 g/mol. The van der Waals surface area contributed by atoms with Gasteiger partial charge in [-0.25, -0.2) is 4.39 Å². The van der Waals surface area contributed by atoms with Crippen LogP contribution in [0.4, 0.5) is 10.1 Å². The maximum atomic E-state index is 13.2. The third-order valence-electron chi connectivity index (χ3n) is 3.24. The average Bonchev–Trinajstić information content (AvgIpc) is 2.47. The predicted octanol–water partition coefficient (Wildman–Crippen LogP) is 2.97. The predicted molar refractivity (Wildman–Crippen MR) is 79.6 cm³/mol. The molecule has 0 aliphatic rings. The van der Waals surface area contributed by atoms with Gasteiger partial charge in [0.15, 0.2) is 0 Å². The van der Waals surface area contributed by atoms with Gasteiger partial charge in [-0.05, 0) is 29.8 Å². The van der Waals surface area contributed by atoms with Crippen LogP contribution >= 0.6 is 0 Å². The molecular formula is C16H19FN2O. The van der Waals surface area contributed by atoms with Gasteiger partial charge in [0, 0.05) is 19.6 Å². The molecule has 106 valence electrons. The molecule has 4 heteroatoms. The molecule has 0 bridgehead atoms. The number of methoxy groups -OCH3 is 1. The first-order valence-corrected chi connectivity index (χ1v) is 6.47. The number of anilines is 1. The van der Waals surface area contributed by atoms with Gasteiger partial charge in [-0.1, -0.05) is 24.3 Å². The van der Waals surface area contributed by atoms with Crippen molar-refractivity contribution in [2.24, 2.45) is 5.73 Å². The Bertz CT molecular complexity index is 574. The molecule has 0 heterocycles. The number of likely N-dealkylation sites (N-methyl/N-ethyl adjacent to an activating group) is 1. The van der Waals surface area contributed by atoms with Crippen LogP contribution in [0, 0.1) is 5.82 Å². The lowest BCUT2D eigenvalue weighted by atomic mass is 10.1. The highest BCUT2D eigenvalue weighted by molar-refractivity contribution is 5.58. The summed E-state index contributed by atoms with van der Waals surface area (Å²) in [7, 11) is 3.58. The molecule has 2 aromatic rings. The Morgan fingerprint density at radius 2 is 1.95 bits per heavy atom. The maximum absolute atomic E-state index is 13.2. The molecule has 0 aromatic heterocycles. The Balaban J connectivity index is 2.13. The van der Waals surface area contributed by atoms with Crippen molar-refractivity contribution >= 4 is 5.69 Å². The van der Waals surface area contributed by atoms with E-state index in [0.29, 0.717) is 6.54 Å². The van der Waals surface area contributed by atoms with Gasteiger partial charge >= 0.3 is 0 Å². The number of benzene rings is 2. The molecule has 0 saturated heterocycles. The van der Waals surface area contributed by atoms with Crippen LogP contribution < -0.4 is 15.4 Å². The van der Waals surface area contributed by atoms with Gasteiger partial charge in [0.25, 0.3) is 0 Å². The molecule has 1 atom stereocenters. The molecule has 0 fully saturated rings. The van der Waals surface area contributed by atoms with Gasteiger partial charge in [-0.3, -0.25) is 0 Å². The van der Waals surface area contributed by atoms with Gasteiger partial charge in [0.2, 0.25) is 0 Å². The lowest BCUT2D eigenvalue weighted by Crippen LogP contribution is -2.29. The van der Waals surface area contributed by atoms with Gasteiger partial charge in [-0.2, -0.15) is 0 Å². The second-order valence-electron chi connectivity index (χ2n) is 4.71. The SMILES string of the molecule is COc1ccccc1N(C)CC(N)c1cccc(F)c1. The van der Waals surface area contributed by atoms with Gasteiger partial charge < -0.3 is 15.4 Å². The fourth-order valence-electron chi connectivity index (χ4n) is 2.18. The number of ether oxygens (including phenoxy) is 1. The summed E-state index contributed by atoms with van der Waals surface area (Å²) < 4.78 is 18.5. The summed E-state index contributed by atoms with van der Waals surface area (Å²) in [6.45, 7) is 0.573. The van der Waals surface area contributed by atoms with E-state index < -0.39 is 0 Å². The summed E-state index contributed by atoms with van der Waals surface area (Å²) in [5.41, 5.74) is 7.89. The van der Waals surface area contributed by atoms with Crippen molar-refractivity contribution in [3.05, 3.63) is 59.9 Å². The molecule has 2 N–H and O–H groups in total. The van der Waals surface area contributed by atoms with E-state index in [4.69, 9.17) is 10.5 Å². The van der Waals surface area contributed by atoms with Crippen molar-refractivity contribution in [3.63, 3.8) is 0 Å². The zero-order chi connectivity index (χ0) is 14.5. The highest BCUT2D eigenvalue weighted by Gasteiger charge is 2.13. The fourth-order valence-corrected chi connectivity index (χ4v) is 2.18. The van der Waals surface area contributed by atoms with E-state index in [1.165, 1.54) is 12.1 Å². The Kier molecular flexibility index (Phi) is 4.58. The zero-order valence-electron chi connectivity index (χ0n) is 11.7. The van der Waals surface area contributed by atoms with Crippen LogP contribution in [-0.2, 0) is 0 Å². The first kappa shape index (κ1) is 14.3. The first-order chi connectivity index (χ1) is 9.61. The van der Waals surface area contributed by atoms with Crippen LogP contribution in [0.3, 0.4) is 0 Å². The summed E-state index contributed by atoms with van der Waals surface area (Å²) in [6.07, 6.45) is 0. The Morgan fingerprint density at radius 1 is 1.20 bits per heavy atom. The lowest BCUT2D eigenvalue weighted by Gasteiger charge is -2.25. The van der Waals surface area contributed by atoms with Crippen molar-refractivity contribution in [1.29, 1.82) is 0 Å². The number of rotatable bonds is 5. The van der Waals surface area contributed by atoms with E-state index in [1.807, 2.05) is 42.3 Å². The van der Waals surface area contributed by atoms with Crippen molar-refractivity contribution < 1.29 is 9.13 Å². The van der Waals surface area contributed by atoms with Gasteiger partial charge in [0.05, 0.1) is 12.8 Å². The van der Waals surface area contributed by atoms with Crippen molar-refractivity contribution in [1.82, 2.24) is 0 Å². The summed E-state index contributed by atoms with van der Waals surface area (Å²) in [6, 6.07) is 13.9. The van der Waals surface area contributed by atoms with Crippen LogP contribution in [0.5, 0.6) is 5.75 Å². The number of hydrogen-bond donors (Lipinski definition) is 1. The van der Waals surface area contributed by atoms with E-state index in [0.717, 1.165) is 17.0 Å². The lowest BCUT2D eigenvalue weighted by molar-refractivity contribution is 0.414. The van der Waals surface area contributed by atoms with Crippen LogP contribution in [0.2, 0.25) is 0 Å². The van der Waals surface area contributed by atoms with E-state index in [1.54, 1.807) is 13.2 Å². The molecule has 1 unspecified atom stereocenters. The Morgan fingerprint density at radius 3 is 2.65 bits per heavy atom. The molecule has 0 radical (unpaired) electrons. The third-order valence-corrected chi connectivity index (χ3v) is 3.24. The highest BCUT2D eigenvalue weighted by Crippen LogP contribution is 2.27. The van der Waals surface area contributed by atoms with E-state index in [-0.39, 0.29) is 11.9 Å². The molecule has 20 heavy (non-hydrogen) atoms. The number of hydrogen-bond acceptors (Lipinski definition) is 3. The Labute approximate surface area is 118 Å². The van der Waals surface area contributed by atoms with E-state index >= 15 is 0 Å². The van der Waals surface area contributed by atoms with E-state index in [9.17, 15) is 4.39 Å². The van der Waals surface area contributed by atoms with Crippen molar-refractivity contribution in [2.75, 3.05) is 25.6 Å². The number of nitrogens with two attached hydrogens (primary N) is 1. The first-order valence-electron chi connectivity index (χ1n) is 6.47. The highest BCUT2D eigenvalue weighted by atomic mass is 19.1. The molecular weight excluding hydrogens is 255 g/mol. The smallest absolute Gasteiger partial charge is 0.142 e. The number of nitrogens with zero attached hydrogens (tertiary/aromatic N) is 1. The van der Waals surface area contributed by atoms with Crippen LogP contribution in [-0.4, -0.2) is 20.7 Å². The fraction of sp³-hybridized carbons (Fsp3) is 0.250. The summed E-state index contributed by atoms with van der Waals surface area (Å²) in [5.74, 6) is 0.527.